The maximum atomic E-state index is 12.7. The predicted octanol–water partition coefficient (Wildman–Crippen LogP) is 4.69. The molecule has 2 nitrogen and oxygen atoms in total. The van der Waals surface area contributed by atoms with E-state index in [2.05, 4.69) is 15.9 Å². The summed E-state index contributed by atoms with van der Waals surface area (Å²) >= 11 is 9.38. The van der Waals surface area contributed by atoms with Crippen LogP contribution in [0, 0.1) is 6.92 Å². The SMILES string of the molecule is Cc1cc(Cl)ccc1C(=O)N(CCBr)Cc1ccccc1. The van der Waals surface area contributed by atoms with Crippen molar-refractivity contribution in [2.24, 2.45) is 0 Å². The summed E-state index contributed by atoms with van der Waals surface area (Å²) in [4.78, 5) is 14.6. The van der Waals surface area contributed by atoms with Crippen LogP contribution in [0.25, 0.3) is 0 Å². The average molecular weight is 367 g/mol. The monoisotopic (exact) mass is 365 g/mol. The summed E-state index contributed by atoms with van der Waals surface area (Å²) in [5.74, 6) is 0.0347. The molecule has 0 N–H and O–H groups in total. The molecule has 0 heterocycles. The van der Waals surface area contributed by atoms with Gasteiger partial charge in [-0.2, -0.15) is 0 Å². The van der Waals surface area contributed by atoms with Crippen molar-refractivity contribution < 1.29 is 4.79 Å². The Morgan fingerprint density at radius 3 is 2.52 bits per heavy atom. The lowest BCUT2D eigenvalue weighted by molar-refractivity contribution is 0.0754. The first-order valence-corrected chi connectivity index (χ1v) is 8.27. The van der Waals surface area contributed by atoms with E-state index in [4.69, 9.17) is 11.6 Å². The molecule has 0 unspecified atom stereocenters. The van der Waals surface area contributed by atoms with E-state index < -0.39 is 0 Å². The third-order valence-corrected chi connectivity index (χ3v) is 3.87. The summed E-state index contributed by atoms with van der Waals surface area (Å²) in [5.41, 5.74) is 2.73. The van der Waals surface area contributed by atoms with Gasteiger partial charge in [0.05, 0.1) is 0 Å². The van der Waals surface area contributed by atoms with E-state index in [0.717, 1.165) is 16.5 Å². The molecule has 0 aliphatic carbocycles. The molecule has 4 heteroatoms. The molecule has 0 atom stereocenters. The first-order valence-electron chi connectivity index (χ1n) is 6.77. The summed E-state index contributed by atoms with van der Waals surface area (Å²) in [6.07, 6.45) is 0. The van der Waals surface area contributed by atoms with Gasteiger partial charge in [-0.15, -0.1) is 0 Å². The normalized spacial score (nSPS) is 10.4. The van der Waals surface area contributed by atoms with Crippen molar-refractivity contribution in [1.82, 2.24) is 4.90 Å². The van der Waals surface area contributed by atoms with E-state index >= 15 is 0 Å². The maximum absolute atomic E-state index is 12.7. The number of nitrogens with zero attached hydrogens (tertiary/aromatic N) is 1. The van der Waals surface area contributed by atoms with Crippen LogP contribution in [-0.4, -0.2) is 22.7 Å². The number of aryl methyl sites for hydroxylation is 1. The topological polar surface area (TPSA) is 20.3 Å². The van der Waals surface area contributed by atoms with E-state index in [1.165, 1.54) is 0 Å². The molecule has 21 heavy (non-hydrogen) atoms. The zero-order valence-corrected chi connectivity index (χ0v) is 14.2. The number of carbonyl (C=O) groups excluding carboxylic acids is 1. The van der Waals surface area contributed by atoms with Crippen LogP contribution in [0.2, 0.25) is 5.02 Å². The lowest BCUT2D eigenvalue weighted by Crippen LogP contribution is -2.32. The van der Waals surface area contributed by atoms with Crippen LogP contribution in [0.3, 0.4) is 0 Å². The Balaban J connectivity index is 2.23. The van der Waals surface area contributed by atoms with Crippen molar-refractivity contribution in [3.8, 4) is 0 Å². The molecule has 0 aliphatic heterocycles. The van der Waals surface area contributed by atoms with Gasteiger partial charge in [-0.3, -0.25) is 4.79 Å². The predicted molar refractivity (Wildman–Crippen MR) is 91.2 cm³/mol. The van der Waals surface area contributed by atoms with Crippen molar-refractivity contribution in [3.05, 3.63) is 70.2 Å². The molecule has 2 aromatic rings. The third-order valence-electron chi connectivity index (χ3n) is 3.28. The molecule has 0 aliphatic rings. The van der Waals surface area contributed by atoms with Crippen molar-refractivity contribution in [1.29, 1.82) is 0 Å². The number of rotatable bonds is 5. The van der Waals surface area contributed by atoms with E-state index in [0.29, 0.717) is 23.7 Å². The highest BCUT2D eigenvalue weighted by Gasteiger charge is 2.17. The van der Waals surface area contributed by atoms with Crippen LogP contribution in [0.5, 0.6) is 0 Å². The number of hydrogen-bond acceptors (Lipinski definition) is 1. The standard InChI is InChI=1S/C17H17BrClNO/c1-13-11-15(19)7-8-16(13)17(21)20(10-9-18)12-14-5-3-2-4-6-14/h2-8,11H,9-10,12H2,1H3. The number of alkyl halides is 1. The largest absolute Gasteiger partial charge is 0.333 e. The number of hydrogen-bond donors (Lipinski definition) is 0. The number of carbonyl (C=O) groups is 1. The van der Waals surface area contributed by atoms with E-state index in [1.54, 1.807) is 12.1 Å². The molecule has 110 valence electrons. The van der Waals surface area contributed by atoms with Crippen LogP contribution < -0.4 is 0 Å². The Hall–Kier alpha value is -1.32. The van der Waals surface area contributed by atoms with E-state index in [1.807, 2.05) is 48.2 Å². The molecular formula is C17H17BrClNO. The number of amides is 1. The number of benzene rings is 2. The molecule has 0 bridgehead atoms. The second-order valence-electron chi connectivity index (χ2n) is 4.86. The highest BCUT2D eigenvalue weighted by molar-refractivity contribution is 9.09. The van der Waals surface area contributed by atoms with Gasteiger partial charge in [0.1, 0.15) is 0 Å². The van der Waals surface area contributed by atoms with Gasteiger partial charge < -0.3 is 4.90 Å². The van der Waals surface area contributed by atoms with Crippen LogP contribution in [0.4, 0.5) is 0 Å². The quantitative estimate of drug-likeness (QED) is 0.703. The Kier molecular flexibility index (Phi) is 5.83. The zero-order valence-electron chi connectivity index (χ0n) is 11.9. The summed E-state index contributed by atoms with van der Waals surface area (Å²) < 4.78 is 0. The van der Waals surface area contributed by atoms with Gasteiger partial charge >= 0.3 is 0 Å². The molecule has 1 amide bonds. The Labute approximate surface area is 138 Å². The van der Waals surface area contributed by atoms with Crippen LogP contribution in [-0.2, 0) is 6.54 Å². The smallest absolute Gasteiger partial charge is 0.254 e. The fourth-order valence-electron chi connectivity index (χ4n) is 2.20. The average Bonchev–Trinajstić information content (AvgIpc) is 2.47. The number of halogens is 2. The van der Waals surface area contributed by atoms with Crippen LogP contribution in [0.15, 0.2) is 48.5 Å². The van der Waals surface area contributed by atoms with Gasteiger partial charge in [0.2, 0.25) is 0 Å². The first-order chi connectivity index (χ1) is 10.1. The van der Waals surface area contributed by atoms with E-state index in [-0.39, 0.29) is 5.91 Å². The van der Waals surface area contributed by atoms with Gasteiger partial charge in [0.15, 0.2) is 0 Å². The minimum atomic E-state index is 0.0347. The molecule has 2 aromatic carbocycles. The van der Waals surface area contributed by atoms with Gasteiger partial charge in [0.25, 0.3) is 5.91 Å². The summed E-state index contributed by atoms with van der Waals surface area (Å²) in [5, 5.41) is 1.40. The summed E-state index contributed by atoms with van der Waals surface area (Å²) in [7, 11) is 0. The van der Waals surface area contributed by atoms with Crippen LogP contribution >= 0.6 is 27.5 Å². The van der Waals surface area contributed by atoms with Crippen LogP contribution in [0.1, 0.15) is 21.5 Å². The van der Waals surface area contributed by atoms with Gasteiger partial charge in [-0.1, -0.05) is 57.9 Å². The highest BCUT2D eigenvalue weighted by atomic mass is 79.9. The van der Waals surface area contributed by atoms with Crippen molar-refractivity contribution in [2.75, 3.05) is 11.9 Å². The Morgan fingerprint density at radius 2 is 1.90 bits per heavy atom. The molecule has 0 fully saturated rings. The molecule has 0 spiro atoms. The van der Waals surface area contributed by atoms with Crippen molar-refractivity contribution in [2.45, 2.75) is 13.5 Å². The third kappa shape index (κ3) is 4.32. The molecule has 2 rings (SSSR count). The minimum Gasteiger partial charge on any atom is -0.333 e. The molecule has 0 saturated heterocycles. The second-order valence-corrected chi connectivity index (χ2v) is 6.09. The van der Waals surface area contributed by atoms with E-state index in [9.17, 15) is 4.79 Å². The Bertz CT molecular complexity index is 615. The van der Waals surface area contributed by atoms with Gasteiger partial charge in [-0.25, -0.2) is 0 Å². The second kappa shape index (κ2) is 7.62. The molecule has 0 radical (unpaired) electrons. The van der Waals surface area contributed by atoms with Crippen molar-refractivity contribution >= 4 is 33.4 Å². The highest BCUT2D eigenvalue weighted by Crippen LogP contribution is 2.18. The van der Waals surface area contributed by atoms with Crippen molar-refractivity contribution in [3.63, 3.8) is 0 Å². The fraction of sp³-hybridized carbons (Fsp3) is 0.235. The Morgan fingerprint density at radius 1 is 1.19 bits per heavy atom. The molecule has 0 aromatic heterocycles. The van der Waals surface area contributed by atoms with Gasteiger partial charge in [-0.05, 0) is 36.2 Å². The lowest BCUT2D eigenvalue weighted by atomic mass is 10.1. The zero-order chi connectivity index (χ0) is 15.2. The molecule has 0 saturated carbocycles. The van der Waals surface area contributed by atoms with Gasteiger partial charge in [0, 0.05) is 29.0 Å². The minimum absolute atomic E-state index is 0.0347. The summed E-state index contributed by atoms with van der Waals surface area (Å²) in [6.45, 7) is 3.18. The fourth-order valence-corrected chi connectivity index (χ4v) is 2.85. The maximum Gasteiger partial charge on any atom is 0.254 e. The summed E-state index contributed by atoms with van der Waals surface area (Å²) in [6, 6.07) is 15.4. The molecular weight excluding hydrogens is 350 g/mol. The first kappa shape index (κ1) is 16.1. The lowest BCUT2D eigenvalue weighted by Gasteiger charge is -2.23.